The number of aliphatic hydroxyl groups excluding tert-OH is 2. The minimum absolute atomic E-state index is 0.0355. The smallest absolute Gasteiger partial charge is 0.342 e. The van der Waals surface area contributed by atoms with E-state index in [-0.39, 0.29) is 35.3 Å². The second kappa shape index (κ2) is 9.53. The van der Waals surface area contributed by atoms with Gasteiger partial charge in [0.15, 0.2) is 0 Å². The highest BCUT2D eigenvalue weighted by Gasteiger charge is 2.32. The molecule has 0 amide bonds. The largest absolute Gasteiger partial charge is 0.507 e. The molecule has 0 saturated heterocycles. The van der Waals surface area contributed by atoms with Crippen LogP contribution in [0.4, 0.5) is 0 Å². The first kappa shape index (κ1) is 22.2. The predicted molar refractivity (Wildman–Crippen MR) is 112 cm³/mol. The molecule has 0 aromatic heterocycles. The van der Waals surface area contributed by atoms with E-state index in [1.165, 1.54) is 13.2 Å². The molecular weight excluding hydrogens is 388 g/mol. The highest BCUT2D eigenvalue weighted by molar-refractivity contribution is 6.05. The molecule has 3 atom stereocenters. The highest BCUT2D eigenvalue weighted by Crippen LogP contribution is 2.42. The summed E-state index contributed by atoms with van der Waals surface area (Å²) in [6.45, 7) is 2.09. The Hall–Kier alpha value is -2.51. The van der Waals surface area contributed by atoms with Gasteiger partial charge in [-0.25, -0.2) is 4.79 Å². The third-order valence-electron chi connectivity index (χ3n) is 5.63. The fraction of sp³-hybridized carbons (Fsp3) is 0.522. The van der Waals surface area contributed by atoms with E-state index in [1.807, 2.05) is 0 Å². The Morgan fingerprint density at radius 3 is 2.63 bits per heavy atom. The van der Waals surface area contributed by atoms with Crippen molar-refractivity contribution < 1.29 is 34.7 Å². The number of rotatable bonds is 9. The van der Waals surface area contributed by atoms with Crippen molar-refractivity contribution in [2.45, 2.75) is 70.2 Å². The van der Waals surface area contributed by atoms with Gasteiger partial charge < -0.3 is 29.9 Å². The van der Waals surface area contributed by atoms with Gasteiger partial charge >= 0.3 is 5.97 Å². The van der Waals surface area contributed by atoms with Crippen LogP contribution in [0.25, 0.3) is 10.8 Å². The average molecular weight is 418 g/mol. The Bertz CT molecular complexity index is 908. The summed E-state index contributed by atoms with van der Waals surface area (Å²) < 4.78 is 10.6. The van der Waals surface area contributed by atoms with Crippen LogP contribution in [-0.2, 0) is 11.2 Å². The van der Waals surface area contributed by atoms with Crippen molar-refractivity contribution in [2.75, 3.05) is 7.11 Å². The fourth-order valence-electron chi connectivity index (χ4n) is 4.13. The zero-order valence-electron chi connectivity index (χ0n) is 17.4. The molecule has 0 saturated carbocycles. The lowest BCUT2D eigenvalue weighted by Crippen LogP contribution is -2.32. The molecule has 0 bridgehead atoms. The van der Waals surface area contributed by atoms with E-state index in [0.29, 0.717) is 29.5 Å². The number of fused-ring (bicyclic) bond motifs is 2. The van der Waals surface area contributed by atoms with Gasteiger partial charge in [-0.2, -0.15) is 0 Å². The fourth-order valence-corrected chi connectivity index (χ4v) is 4.13. The van der Waals surface area contributed by atoms with Gasteiger partial charge in [-0.3, -0.25) is 0 Å². The van der Waals surface area contributed by atoms with Gasteiger partial charge in [0.1, 0.15) is 28.9 Å². The molecule has 3 rings (SSSR count). The van der Waals surface area contributed by atoms with Crippen LogP contribution in [0.2, 0.25) is 0 Å². The second-order valence-electron chi connectivity index (χ2n) is 8.01. The zero-order valence-corrected chi connectivity index (χ0v) is 17.4. The summed E-state index contributed by atoms with van der Waals surface area (Å²) in [5.41, 5.74) is 0.623. The standard InChI is InChI=1S/C23H30O7/c1-3-4-5-6-15(24)10-16(25)11-18-9-14-7-13-8-17(29-2)12-19(26)20(13)22(27)21(14)23(28)30-18/h7-8,12,15-16,18,24-27H,3-6,9-11H2,1-2H3. The van der Waals surface area contributed by atoms with Crippen LogP contribution < -0.4 is 4.74 Å². The van der Waals surface area contributed by atoms with E-state index in [9.17, 15) is 25.2 Å². The molecule has 2 aromatic carbocycles. The number of phenols is 2. The van der Waals surface area contributed by atoms with Crippen molar-refractivity contribution in [3.63, 3.8) is 0 Å². The second-order valence-corrected chi connectivity index (χ2v) is 8.01. The van der Waals surface area contributed by atoms with Gasteiger partial charge in [-0.05, 0) is 35.9 Å². The Morgan fingerprint density at radius 2 is 1.93 bits per heavy atom. The van der Waals surface area contributed by atoms with Crippen LogP contribution in [0, 0.1) is 0 Å². The first-order valence-corrected chi connectivity index (χ1v) is 10.5. The minimum atomic E-state index is -0.792. The van der Waals surface area contributed by atoms with Crippen molar-refractivity contribution in [1.82, 2.24) is 0 Å². The summed E-state index contributed by atoms with van der Waals surface area (Å²) in [6, 6.07) is 4.77. The number of carbonyl (C=O) groups is 1. The molecule has 0 fully saturated rings. The topological polar surface area (TPSA) is 116 Å². The number of carbonyl (C=O) groups excluding carboxylic acids is 1. The SMILES string of the molecule is CCCCCC(O)CC(O)CC1Cc2cc3cc(OC)cc(O)c3c(O)c2C(=O)O1. The van der Waals surface area contributed by atoms with Crippen LogP contribution in [-0.4, -0.2) is 51.8 Å². The molecule has 7 heteroatoms. The Balaban J connectivity index is 1.76. The molecule has 164 valence electrons. The van der Waals surface area contributed by atoms with Crippen molar-refractivity contribution in [2.24, 2.45) is 0 Å². The van der Waals surface area contributed by atoms with Gasteiger partial charge in [0.05, 0.1) is 24.7 Å². The van der Waals surface area contributed by atoms with E-state index < -0.39 is 24.3 Å². The zero-order chi connectivity index (χ0) is 21.8. The van der Waals surface area contributed by atoms with Gasteiger partial charge in [-0.1, -0.05) is 26.2 Å². The molecule has 3 unspecified atom stereocenters. The third-order valence-corrected chi connectivity index (χ3v) is 5.63. The lowest BCUT2D eigenvalue weighted by Gasteiger charge is -2.28. The number of unbranched alkanes of at least 4 members (excludes halogenated alkanes) is 2. The van der Waals surface area contributed by atoms with E-state index in [1.54, 1.807) is 12.1 Å². The molecule has 30 heavy (non-hydrogen) atoms. The summed E-state index contributed by atoms with van der Waals surface area (Å²) in [4.78, 5) is 12.6. The lowest BCUT2D eigenvalue weighted by atomic mass is 9.90. The maximum absolute atomic E-state index is 12.6. The maximum Gasteiger partial charge on any atom is 0.342 e. The lowest BCUT2D eigenvalue weighted by molar-refractivity contribution is 0.000736. The monoisotopic (exact) mass is 418 g/mol. The molecule has 0 spiro atoms. The highest BCUT2D eigenvalue weighted by atomic mass is 16.5. The first-order chi connectivity index (χ1) is 14.3. The average Bonchev–Trinajstić information content (AvgIpc) is 2.66. The molecule has 4 N–H and O–H groups in total. The predicted octanol–water partition coefficient (Wildman–Crippen LogP) is 3.42. The van der Waals surface area contributed by atoms with Crippen molar-refractivity contribution in [3.05, 3.63) is 29.3 Å². The van der Waals surface area contributed by atoms with Gasteiger partial charge in [-0.15, -0.1) is 0 Å². The van der Waals surface area contributed by atoms with E-state index >= 15 is 0 Å². The maximum atomic E-state index is 12.6. The van der Waals surface area contributed by atoms with Crippen LogP contribution >= 0.6 is 0 Å². The van der Waals surface area contributed by atoms with Crippen molar-refractivity contribution >= 4 is 16.7 Å². The first-order valence-electron chi connectivity index (χ1n) is 10.5. The van der Waals surface area contributed by atoms with Gasteiger partial charge in [0.25, 0.3) is 0 Å². The number of benzene rings is 2. The Morgan fingerprint density at radius 1 is 1.17 bits per heavy atom. The summed E-state index contributed by atoms with van der Waals surface area (Å²) in [7, 11) is 1.48. The molecule has 0 radical (unpaired) electrons. The number of phenolic OH excluding ortho intramolecular Hbond substituents is 2. The molecule has 1 heterocycles. The van der Waals surface area contributed by atoms with E-state index in [2.05, 4.69) is 6.92 Å². The summed E-state index contributed by atoms with van der Waals surface area (Å²) in [5.74, 6) is -0.765. The van der Waals surface area contributed by atoms with Crippen LogP contribution in [0.3, 0.4) is 0 Å². The number of cyclic esters (lactones) is 1. The normalized spacial score (nSPS) is 18.0. The Kier molecular flexibility index (Phi) is 7.05. The molecule has 1 aliphatic heterocycles. The van der Waals surface area contributed by atoms with E-state index in [4.69, 9.17) is 9.47 Å². The van der Waals surface area contributed by atoms with E-state index in [0.717, 1.165) is 19.3 Å². The number of hydrogen-bond donors (Lipinski definition) is 4. The quantitative estimate of drug-likeness (QED) is 0.364. The molecule has 1 aliphatic rings. The number of hydrogen-bond acceptors (Lipinski definition) is 7. The summed E-state index contributed by atoms with van der Waals surface area (Å²) in [6.07, 6.45) is 2.50. The Labute approximate surface area is 175 Å². The third kappa shape index (κ3) is 4.79. The van der Waals surface area contributed by atoms with Gasteiger partial charge in [0, 0.05) is 18.9 Å². The van der Waals surface area contributed by atoms with Crippen LogP contribution in [0.15, 0.2) is 18.2 Å². The van der Waals surface area contributed by atoms with Gasteiger partial charge in [0.2, 0.25) is 0 Å². The molecular formula is C23H30O7. The number of methoxy groups -OCH3 is 1. The minimum Gasteiger partial charge on any atom is -0.507 e. The number of aromatic hydroxyl groups is 2. The number of ether oxygens (including phenoxy) is 2. The number of aliphatic hydroxyl groups is 2. The molecule has 0 aliphatic carbocycles. The number of esters is 1. The van der Waals surface area contributed by atoms with Crippen LogP contribution in [0.1, 0.15) is 61.4 Å². The molecule has 2 aromatic rings. The van der Waals surface area contributed by atoms with Crippen molar-refractivity contribution in [3.8, 4) is 17.2 Å². The summed E-state index contributed by atoms with van der Waals surface area (Å²) >= 11 is 0. The van der Waals surface area contributed by atoms with Crippen molar-refractivity contribution in [1.29, 1.82) is 0 Å². The molecule has 7 nitrogen and oxygen atoms in total. The summed E-state index contributed by atoms with van der Waals surface area (Å²) in [5, 5.41) is 42.0. The van der Waals surface area contributed by atoms with Crippen LogP contribution in [0.5, 0.6) is 17.2 Å².